The molecule has 1 aromatic heterocycles. The predicted molar refractivity (Wildman–Crippen MR) is 65.7 cm³/mol. The average Bonchev–Trinajstić information content (AvgIpc) is 2.79. The molecule has 88 valence electrons. The number of rotatable bonds is 4. The molecule has 0 atom stereocenters. The van der Waals surface area contributed by atoms with Gasteiger partial charge >= 0.3 is 0 Å². The number of aromatic amines is 1. The minimum Gasteiger partial charge on any atom is -0.369 e. The summed E-state index contributed by atoms with van der Waals surface area (Å²) in [5.74, 6) is -0.519. The van der Waals surface area contributed by atoms with Crippen LogP contribution in [-0.4, -0.2) is 23.2 Å². The number of H-pyrrole nitrogens is 1. The Morgan fingerprint density at radius 3 is 2.71 bits per heavy atom. The highest BCUT2D eigenvalue weighted by Crippen LogP contribution is 2.13. The first-order chi connectivity index (χ1) is 8.16. The van der Waals surface area contributed by atoms with Crippen molar-refractivity contribution in [2.45, 2.75) is 6.54 Å². The van der Waals surface area contributed by atoms with Crippen LogP contribution >= 0.6 is 0 Å². The Kier molecular flexibility index (Phi) is 3.09. The van der Waals surface area contributed by atoms with E-state index in [1.165, 1.54) is 0 Å². The minimum absolute atomic E-state index is 0.265. The summed E-state index contributed by atoms with van der Waals surface area (Å²) in [5.41, 5.74) is 7.35. The van der Waals surface area contributed by atoms with Gasteiger partial charge in [-0.05, 0) is 18.2 Å². The van der Waals surface area contributed by atoms with Gasteiger partial charge in [-0.15, -0.1) is 0 Å². The van der Waals surface area contributed by atoms with Gasteiger partial charge < -0.3 is 10.6 Å². The molecule has 0 fully saturated rings. The molecule has 1 aromatic carbocycles. The Balaban J connectivity index is 2.08. The van der Waals surface area contributed by atoms with E-state index in [9.17, 15) is 4.79 Å². The summed E-state index contributed by atoms with van der Waals surface area (Å²) < 4.78 is 0. The number of hydrogen-bond donors (Lipinski definition) is 2. The maximum atomic E-state index is 10.9. The van der Waals surface area contributed by atoms with E-state index in [1.54, 1.807) is 6.07 Å². The zero-order valence-electron chi connectivity index (χ0n) is 9.55. The van der Waals surface area contributed by atoms with Gasteiger partial charge in [-0.1, -0.05) is 18.2 Å². The van der Waals surface area contributed by atoms with E-state index in [2.05, 4.69) is 15.1 Å². The number of amides is 1. The molecule has 2 rings (SSSR count). The lowest BCUT2D eigenvalue weighted by Crippen LogP contribution is -2.16. The number of hydrogen-bond acceptors (Lipinski definition) is 3. The molecule has 0 saturated carbocycles. The van der Waals surface area contributed by atoms with Crippen LogP contribution in [0, 0.1) is 0 Å². The molecule has 1 amide bonds. The van der Waals surface area contributed by atoms with Gasteiger partial charge in [0.1, 0.15) is 5.69 Å². The van der Waals surface area contributed by atoms with Crippen LogP contribution in [0.4, 0.5) is 5.69 Å². The fourth-order valence-electron chi connectivity index (χ4n) is 1.60. The maximum Gasteiger partial charge on any atom is 0.269 e. The number of nitrogens with zero attached hydrogens (tertiary/aromatic N) is 2. The highest BCUT2D eigenvalue weighted by molar-refractivity contribution is 5.90. The first kappa shape index (κ1) is 11.2. The van der Waals surface area contributed by atoms with E-state index < -0.39 is 5.91 Å². The van der Waals surface area contributed by atoms with Crippen molar-refractivity contribution in [3.8, 4) is 0 Å². The summed E-state index contributed by atoms with van der Waals surface area (Å²) in [7, 11) is 1.97. The monoisotopic (exact) mass is 230 g/mol. The number of benzene rings is 1. The second-order valence-electron chi connectivity index (χ2n) is 3.83. The van der Waals surface area contributed by atoms with Crippen molar-refractivity contribution in [2.24, 2.45) is 5.73 Å². The smallest absolute Gasteiger partial charge is 0.269 e. The zero-order chi connectivity index (χ0) is 12.3. The number of nitrogens with one attached hydrogen (secondary N) is 1. The van der Waals surface area contributed by atoms with Crippen LogP contribution < -0.4 is 10.6 Å². The number of nitrogens with two attached hydrogens (primary N) is 1. The summed E-state index contributed by atoms with van der Waals surface area (Å²) >= 11 is 0. The Morgan fingerprint density at radius 2 is 2.12 bits per heavy atom. The van der Waals surface area contributed by atoms with Gasteiger partial charge in [0.05, 0.1) is 12.2 Å². The molecular weight excluding hydrogens is 216 g/mol. The van der Waals surface area contributed by atoms with Crippen LogP contribution in [0.15, 0.2) is 36.4 Å². The fourth-order valence-corrected chi connectivity index (χ4v) is 1.60. The number of primary amides is 1. The summed E-state index contributed by atoms with van der Waals surface area (Å²) in [6.45, 7) is 0.643. The van der Waals surface area contributed by atoms with Gasteiger partial charge in [-0.25, -0.2) is 0 Å². The summed E-state index contributed by atoms with van der Waals surface area (Å²) in [5, 5.41) is 6.63. The molecule has 0 aliphatic heterocycles. The molecule has 0 saturated heterocycles. The van der Waals surface area contributed by atoms with Crippen LogP contribution in [0.3, 0.4) is 0 Å². The van der Waals surface area contributed by atoms with Crippen molar-refractivity contribution >= 4 is 11.6 Å². The third kappa shape index (κ3) is 2.63. The first-order valence-corrected chi connectivity index (χ1v) is 5.27. The number of aromatic nitrogens is 2. The van der Waals surface area contributed by atoms with Crippen LogP contribution in [0.1, 0.15) is 16.2 Å². The molecule has 2 aromatic rings. The van der Waals surface area contributed by atoms with Crippen LogP contribution in [0.5, 0.6) is 0 Å². The second-order valence-corrected chi connectivity index (χ2v) is 3.83. The molecule has 0 bridgehead atoms. The third-order valence-electron chi connectivity index (χ3n) is 2.49. The summed E-state index contributed by atoms with van der Waals surface area (Å²) in [4.78, 5) is 13.0. The van der Waals surface area contributed by atoms with Gasteiger partial charge in [-0.3, -0.25) is 9.89 Å². The minimum atomic E-state index is -0.519. The Morgan fingerprint density at radius 1 is 1.41 bits per heavy atom. The molecule has 3 N–H and O–H groups in total. The number of para-hydroxylation sites is 1. The normalized spacial score (nSPS) is 10.2. The van der Waals surface area contributed by atoms with E-state index >= 15 is 0 Å². The van der Waals surface area contributed by atoms with Gasteiger partial charge in [-0.2, -0.15) is 5.10 Å². The lowest BCUT2D eigenvalue weighted by atomic mass is 10.2. The predicted octanol–water partition coefficient (Wildman–Crippen LogP) is 1.14. The quantitative estimate of drug-likeness (QED) is 0.827. The fraction of sp³-hybridized carbons (Fsp3) is 0.167. The lowest BCUT2D eigenvalue weighted by molar-refractivity contribution is 0.0995. The Labute approximate surface area is 99.2 Å². The topological polar surface area (TPSA) is 75.0 Å². The van der Waals surface area contributed by atoms with Gasteiger partial charge in [0.2, 0.25) is 0 Å². The lowest BCUT2D eigenvalue weighted by Gasteiger charge is -2.17. The summed E-state index contributed by atoms with van der Waals surface area (Å²) in [6.07, 6.45) is 0. The first-order valence-electron chi connectivity index (χ1n) is 5.27. The molecule has 0 unspecified atom stereocenters. The van der Waals surface area contributed by atoms with E-state index in [0.717, 1.165) is 11.4 Å². The van der Waals surface area contributed by atoms with E-state index in [-0.39, 0.29) is 5.69 Å². The van der Waals surface area contributed by atoms with Gasteiger partial charge in [0.25, 0.3) is 5.91 Å². The number of carbonyl (C=O) groups excluding carboxylic acids is 1. The van der Waals surface area contributed by atoms with Crippen molar-refractivity contribution < 1.29 is 4.79 Å². The van der Waals surface area contributed by atoms with Crippen molar-refractivity contribution in [1.82, 2.24) is 10.2 Å². The average molecular weight is 230 g/mol. The molecule has 5 nitrogen and oxygen atoms in total. The Hall–Kier alpha value is -2.30. The van der Waals surface area contributed by atoms with Gasteiger partial charge in [0, 0.05) is 12.7 Å². The van der Waals surface area contributed by atoms with E-state index in [1.807, 2.05) is 37.4 Å². The van der Waals surface area contributed by atoms with Crippen LogP contribution in [-0.2, 0) is 6.54 Å². The van der Waals surface area contributed by atoms with Crippen molar-refractivity contribution in [3.05, 3.63) is 47.8 Å². The molecule has 0 aliphatic carbocycles. The van der Waals surface area contributed by atoms with Crippen molar-refractivity contribution in [3.63, 3.8) is 0 Å². The Bertz CT molecular complexity index is 506. The molecule has 0 aliphatic rings. The zero-order valence-corrected chi connectivity index (χ0v) is 9.55. The van der Waals surface area contributed by atoms with Gasteiger partial charge in [0.15, 0.2) is 0 Å². The highest BCUT2D eigenvalue weighted by atomic mass is 16.1. The molecule has 0 radical (unpaired) electrons. The highest BCUT2D eigenvalue weighted by Gasteiger charge is 2.08. The molecule has 0 spiro atoms. The number of carbonyl (C=O) groups is 1. The van der Waals surface area contributed by atoms with Crippen molar-refractivity contribution in [1.29, 1.82) is 0 Å². The van der Waals surface area contributed by atoms with E-state index in [4.69, 9.17) is 5.73 Å². The largest absolute Gasteiger partial charge is 0.369 e. The summed E-state index contributed by atoms with van der Waals surface area (Å²) in [6, 6.07) is 11.6. The maximum absolute atomic E-state index is 10.9. The molecular formula is C12H14N4O. The van der Waals surface area contributed by atoms with Crippen LogP contribution in [0.2, 0.25) is 0 Å². The standard InChI is InChI=1S/C12H14N4O/c1-16(10-5-3-2-4-6-10)8-9-7-11(12(13)17)15-14-9/h2-7H,8H2,1H3,(H2,13,17)(H,14,15). The van der Waals surface area contributed by atoms with Crippen LogP contribution in [0.25, 0.3) is 0 Å². The second kappa shape index (κ2) is 4.69. The molecule has 1 heterocycles. The molecule has 5 heteroatoms. The number of anilines is 1. The van der Waals surface area contributed by atoms with E-state index in [0.29, 0.717) is 6.54 Å². The van der Waals surface area contributed by atoms with Crippen molar-refractivity contribution in [2.75, 3.05) is 11.9 Å². The SMILES string of the molecule is CN(Cc1cc(C(N)=O)n[nH]1)c1ccccc1. The molecule has 17 heavy (non-hydrogen) atoms. The third-order valence-corrected chi connectivity index (χ3v) is 2.49.